The number of aromatic hydroxyl groups is 8. The SMILES string of the molecule is O=C1CC(c2ccc(O)c(O)c2-c2c(O)cc(O)c3c(=O)cc(-c4ccc(O)c(O)c4)oc23)Oc2cc(O)cc(O)c21. The molecule has 0 aliphatic carbocycles. The van der Waals surface area contributed by atoms with Crippen LogP contribution in [0.5, 0.6) is 51.7 Å². The van der Waals surface area contributed by atoms with Crippen molar-refractivity contribution in [3.8, 4) is 74.2 Å². The Hall–Kier alpha value is -6.04. The molecule has 4 aromatic carbocycles. The fraction of sp³-hybridized carbons (Fsp3) is 0.0667. The molecule has 1 aliphatic rings. The number of fused-ring (bicyclic) bond motifs is 2. The Morgan fingerprint density at radius 1 is 0.643 bits per heavy atom. The van der Waals surface area contributed by atoms with Crippen molar-refractivity contribution in [2.24, 2.45) is 0 Å². The van der Waals surface area contributed by atoms with Crippen LogP contribution in [0.1, 0.15) is 28.4 Å². The Bertz CT molecular complexity index is 2020. The molecule has 2 heterocycles. The summed E-state index contributed by atoms with van der Waals surface area (Å²) in [4.78, 5) is 26.2. The first kappa shape index (κ1) is 26.2. The van der Waals surface area contributed by atoms with Crippen molar-refractivity contribution in [3.63, 3.8) is 0 Å². The quantitative estimate of drug-likeness (QED) is 0.140. The van der Waals surface area contributed by atoms with Gasteiger partial charge in [0.1, 0.15) is 51.6 Å². The summed E-state index contributed by atoms with van der Waals surface area (Å²) in [6.45, 7) is 0. The smallest absolute Gasteiger partial charge is 0.197 e. The molecule has 0 saturated heterocycles. The van der Waals surface area contributed by atoms with Gasteiger partial charge in [0.05, 0.1) is 12.0 Å². The van der Waals surface area contributed by atoms with E-state index in [4.69, 9.17) is 9.15 Å². The highest BCUT2D eigenvalue weighted by atomic mass is 16.5. The summed E-state index contributed by atoms with van der Waals surface area (Å²) in [6.07, 6.45) is -1.57. The summed E-state index contributed by atoms with van der Waals surface area (Å²) in [5.41, 5.74) is -1.86. The highest BCUT2D eigenvalue weighted by Gasteiger charge is 2.35. The molecule has 42 heavy (non-hydrogen) atoms. The molecule has 0 radical (unpaired) electrons. The van der Waals surface area contributed by atoms with Crippen LogP contribution in [0.15, 0.2) is 63.8 Å². The molecule has 0 amide bonds. The summed E-state index contributed by atoms with van der Waals surface area (Å²) >= 11 is 0. The van der Waals surface area contributed by atoms with Crippen molar-refractivity contribution in [1.29, 1.82) is 0 Å². The Balaban J connectivity index is 1.63. The van der Waals surface area contributed by atoms with Crippen molar-refractivity contribution in [2.75, 3.05) is 0 Å². The molecule has 0 fully saturated rings. The second kappa shape index (κ2) is 9.27. The van der Waals surface area contributed by atoms with Crippen LogP contribution in [0.3, 0.4) is 0 Å². The molecule has 5 aromatic rings. The van der Waals surface area contributed by atoms with Crippen LogP contribution in [-0.2, 0) is 0 Å². The molecule has 0 bridgehead atoms. The minimum absolute atomic E-state index is 0.0322. The molecule has 1 aliphatic heterocycles. The van der Waals surface area contributed by atoms with Gasteiger partial charge in [-0.1, -0.05) is 6.07 Å². The molecular weight excluding hydrogens is 552 g/mol. The number of Topliss-reactive ketones (excluding diaryl/α,β-unsaturated/α-hetero) is 1. The summed E-state index contributed by atoms with van der Waals surface area (Å²) in [7, 11) is 0. The van der Waals surface area contributed by atoms with E-state index >= 15 is 0 Å². The van der Waals surface area contributed by atoms with Gasteiger partial charge in [-0.2, -0.15) is 0 Å². The van der Waals surface area contributed by atoms with Gasteiger partial charge in [0.15, 0.2) is 39.8 Å². The maximum Gasteiger partial charge on any atom is 0.197 e. The van der Waals surface area contributed by atoms with Crippen molar-refractivity contribution in [3.05, 3.63) is 75.9 Å². The second-order valence-corrected chi connectivity index (χ2v) is 9.64. The third-order valence-corrected chi connectivity index (χ3v) is 6.99. The Kier molecular flexibility index (Phi) is 5.78. The van der Waals surface area contributed by atoms with E-state index in [1.54, 1.807) is 0 Å². The van der Waals surface area contributed by atoms with Gasteiger partial charge in [-0.3, -0.25) is 9.59 Å². The van der Waals surface area contributed by atoms with Crippen LogP contribution >= 0.6 is 0 Å². The number of carbonyl (C=O) groups excluding carboxylic acids is 1. The molecule has 0 saturated carbocycles. The van der Waals surface area contributed by atoms with E-state index in [1.807, 2.05) is 0 Å². The van der Waals surface area contributed by atoms with Crippen molar-refractivity contribution in [2.45, 2.75) is 12.5 Å². The topological polar surface area (TPSA) is 218 Å². The zero-order chi connectivity index (χ0) is 30.0. The van der Waals surface area contributed by atoms with E-state index in [1.165, 1.54) is 12.1 Å². The number of phenols is 8. The van der Waals surface area contributed by atoms with Gasteiger partial charge in [-0.15, -0.1) is 0 Å². The number of hydrogen-bond acceptors (Lipinski definition) is 12. The first-order chi connectivity index (χ1) is 19.9. The van der Waals surface area contributed by atoms with Gasteiger partial charge >= 0.3 is 0 Å². The molecule has 12 nitrogen and oxygen atoms in total. The molecule has 12 heteroatoms. The van der Waals surface area contributed by atoms with Gasteiger partial charge in [0, 0.05) is 41.0 Å². The predicted molar refractivity (Wildman–Crippen MR) is 145 cm³/mol. The number of phenolic OH excluding ortho intramolecular Hbond substituents is 8. The van der Waals surface area contributed by atoms with E-state index in [2.05, 4.69) is 0 Å². The molecule has 1 unspecified atom stereocenters. The number of rotatable bonds is 3. The molecule has 0 spiro atoms. The average molecular weight is 572 g/mol. The predicted octanol–water partition coefficient (Wildman–Crippen LogP) is 4.48. The van der Waals surface area contributed by atoms with Crippen molar-refractivity contribution < 1.29 is 54.8 Å². The third-order valence-electron chi connectivity index (χ3n) is 6.99. The summed E-state index contributed by atoms with van der Waals surface area (Å²) in [6, 6.07) is 9.96. The van der Waals surface area contributed by atoms with Crippen LogP contribution in [0.2, 0.25) is 0 Å². The zero-order valence-corrected chi connectivity index (χ0v) is 21.2. The summed E-state index contributed by atoms with van der Waals surface area (Å²) in [5.74, 6) is -5.50. The maximum absolute atomic E-state index is 13.2. The monoisotopic (exact) mass is 572 g/mol. The van der Waals surface area contributed by atoms with E-state index < -0.39 is 68.5 Å². The minimum atomic E-state index is -1.19. The van der Waals surface area contributed by atoms with E-state index in [9.17, 15) is 50.4 Å². The highest BCUT2D eigenvalue weighted by molar-refractivity contribution is 6.04. The van der Waals surface area contributed by atoms with E-state index in [0.717, 1.165) is 42.5 Å². The Morgan fingerprint density at radius 3 is 2.10 bits per heavy atom. The molecule has 212 valence electrons. The van der Waals surface area contributed by atoms with Crippen molar-refractivity contribution in [1.82, 2.24) is 0 Å². The number of benzene rings is 4. The number of carbonyl (C=O) groups is 1. The molecule has 1 aromatic heterocycles. The molecular formula is C30H20O12. The lowest BCUT2D eigenvalue weighted by Gasteiger charge is -2.28. The van der Waals surface area contributed by atoms with Gasteiger partial charge in [0.2, 0.25) is 0 Å². The van der Waals surface area contributed by atoms with Gasteiger partial charge in [-0.25, -0.2) is 0 Å². The largest absolute Gasteiger partial charge is 0.508 e. The van der Waals surface area contributed by atoms with Crippen molar-refractivity contribution >= 4 is 16.8 Å². The fourth-order valence-corrected chi connectivity index (χ4v) is 5.09. The number of ketones is 1. The summed E-state index contributed by atoms with van der Waals surface area (Å²) in [5, 5.41) is 82.4. The Morgan fingerprint density at radius 2 is 1.36 bits per heavy atom. The lowest BCUT2D eigenvalue weighted by molar-refractivity contribution is 0.0845. The minimum Gasteiger partial charge on any atom is -0.508 e. The zero-order valence-electron chi connectivity index (χ0n) is 21.2. The van der Waals surface area contributed by atoms with Gasteiger partial charge < -0.3 is 50.0 Å². The molecule has 6 rings (SSSR count). The maximum atomic E-state index is 13.2. The van der Waals surface area contributed by atoms with Crippen LogP contribution in [0.4, 0.5) is 0 Å². The van der Waals surface area contributed by atoms with Gasteiger partial charge in [0.25, 0.3) is 0 Å². The lowest BCUT2D eigenvalue weighted by Crippen LogP contribution is -2.21. The first-order valence-electron chi connectivity index (χ1n) is 12.3. The van der Waals surface area contributed by atoms with E-state index in [-0.39, 0.29) is 51.5 Å². The lowest BCUT2D eigenvalue weighted by atomic mass is 9.88. The van der Waals surface area contributed by atoms with E-state index in [0.29, 0.717) is 0 Å². The van der Waals surface area contributed by atoms with Gasteiger partial charge in [-0.05, 0) is 24.3 Å². The highest BCUT2D eigenvalue weighted by Crippen LogP contribution is 2.52. The second-order valence-electron chi connectivity index (χ2n) is 9.64. The standard InChI is InChI=1S/C30H20O12/c31-12-6-17(35)26-20(38)10-23(41-24(26)7-12)13-2-4-15(33)29(40)25(13)28-19(37)8-18(36)27-21(39)9-22(42-30(27)28)11-1-3-14(32)16(34)5-11/h1-9,23,31-37,40H,10H2. The normalized spacial score (nSPS) is 14.5. The first-order valence-corrected chi connectivity index (χ1v) is 12.3. The fourth-order valence-electron chi connectivity index (χ4n) is 5.09. The van der Waals surface area contributed by atoms with Crippen LogP contribution in [0, 0.1) is 0 Å². The molecule has 8 N–H and O–H groups in total. The van der Waals surface area contributed by atoms with Crippen LogP contribution in [-0.4, -0.2) is 46.6 Å². The van der Waals surface area contributed by atoms with Crippen LogP contribution in [0.25, 0.3) is 33.4 Å². The molecule has 1 atom stereocenters. The third kappa shape index (κ3) is 4.01. The average Bonchev–Trinajstić information content (AvgIpc) is 2.91. The Labute approximate surface area is 234 Å². The number of ether oxygens (including phenoxy) is 1. The number of hydrogen-bond donors (Lipinski definition) is 8. The van der Waals surface area contributed by atoms with Crippen LogP contribution < -0.4 is 10.2 Å². The summed E-state index contributed by atoms with van der Waals surface area (Å²) < 4.78 is 11.9.